The maximum atomic E-state index is 12.6. The zero-order chi connectivity index (χ0) is 21.9. The van der Waals surface area contributed by atoms with Gasteiger partial charge in [0, 0.05) is 29.0 Å². The third-order valence-corrected chi connectivity index (χ3v) is 6.16. The lowest BCUT2D eigenvalue weighted by molar-refractivity contribution is 0.0991. The minimum atomic E-state index is -3.43. The van der Waals surface area contributed by atoms with Crippen molar-refractivity contribution in [2.24, 2.45) is 0 Å². The molecule has 30 heavy (non-hydrogen) atoms. The van der Waals surface area contributed by atoms with E-state index in [2.05, 4.69) is 5.32 Å². The molecule has 5 nitrogen and oxygen atoms in total. The summed E-state index contributed by atoms with van der Waals surface area (Å²) in [7, 11) is -3.43. The number of hydrogen-bond donors (Lipinski definition) is 1. The number of carbonyl (C=O) groups excluding carboxylic acids is 2. The molecule has 3 rings (SSSR count). The zero-order valence-corrected chi connectivity index (χ0v) is 18.2. The summed E-state index contributed by atoms with van der Waals surface area (Å²) in [6, 6.07) is 17.6. The average Bonchev–Trinajstić information content (AvgIpc) is 2.70. The molecular weight excluding hydrogens is 445 g/mol. The van der Waals surface area contributed by atoms with E-state index in [1.165, 1.54) is 18.2 Å². The Kier molecular flexibility index (Phi) is 6.61. The van der Waals surface area contributed by atoms with Crippen LogP contribution in [0.3, 0.4) is 0 Å². The molecule has 8 heteroatoms. The third kappa shape index (κ3) is 5.27. The van der Waals surface area contributed by atoms with Crippen LogP contribution in [0.4, 0.5) is 5.69 Å². The number of ketones is 1. The summed E-state index contributed by atoms with van der Waals surface area (Å²) < 4.78 is 23.2. The van der Waals surface area contributed by atoms with Crippen LogP contribution in [0.1, 0.15) is 26.3 Å². The van der Waals surface area contributed by atoms with Crippen LogP contribution < -0.4 is 5.32 Å². The van der Waals surface area contributed by atoms with Crippen molar-refractivity contribution in [2.75, 3.05) is 11.6 Å². The second-order valence-corrected chi connectivity index (χ2v) is 9.47. The van der Waals surface area contributed by atoms with E-state index in [0.717, 1.165) is 6.26 Å². The highest BCUT2D eigenvalue weighted by molar-refractivity contribution is 7.90. The molecule has 3 aromatic rings. The molecule has 0 unspecified atom stereocenters. The van der Waals surface area contributed by atoms with Crippen molar-refractivity contribution in [3.05, 3.63) is 93.5 Å². The van der Waals surface area contributed by atoms with Crippen molar-refractivity contribution in [1.29, 1.82) is 0 Å². The molecule has 0 atom stereocenters. The van der Waals surface area contributed by atoms with Crippen LogP contribution in [0, 0.1) is 0 Å². The van der Waals surface area contributed by atoms with E-state index in [1.807, 2.05) is 6.07 Å². The van der Waals surface area contributed by atoms with Gasteiger partial charge in [-0.05, 0) is 42.0 Å². The number of hydrogen-bond acceptors (Lipinski definition) is 4. The first-order chi connectivity index (χ1) is 14.1. The van der Waals surface area contributed by atoms with Crippen molar-refractivity contribution in [3.8, 4) is 0 Å². The lowest BCUT2D eigenvalue weighted by atomic mass is 10.0. The lowest BCUT2D eigenvalue weighted by Gasteiger charge is -2.11. The predicted octanol–water partition coefficient (Wildman–Crippen LogP) is 5.07. The molecule has 0 aliphatic carbocycles. The van der Waals surface area contributed by atoms with Gasteiger partial charge in [-0.15, -0.1) is 0 Å². The normalized spacial score (nSPS) is 11.2. The van der Waals surface area contributed by atoms with Gasteiger partial charge in [-0.2, -0.15) is 0 Å². The molecule has 0 spiro atoms. The Labute approximate surface area is 184 Å². The molecule has 1 N–H and O–H groups in total. The third-order valence-electron chi connectivity index (χ3n) is 4.36. The Morgan fingerprint density at radius 2 is 1.60 bits per heavy atom. The first-order valence-electron chi connectivity index (χ1n) is 8.83. The Morgan fingerprint density at radius 3 is 2.23 bits per heavy atom. The largest absolute Gasteiger partial charge is 0.322 e. The number of Topliss-reactive ketones (excluding diaryl/α,β-unsaturated/α-hetero) is 1. The molecule has 1 amide bonds. The Hall–Kier alpha value is -2.67. The summed E-state index contributed by atoms with van der Waals surface area (Å²) in [5, 5.41) is 3.12. The molecule has 0 fully saturated rings. The second kappa shape index (κ2) is 9.00. The summed E-state index contributed by atoms with van der Waals surface area (Å²) in [6.07, 6.45) is 1.14. The Balaban J connectivity index is 1.80. The number of rotatable bonds is 6. The number of carbonyl (C=O) groups is 2. The molecule has 0 bridgehead atoms. The van der Waals surface area contributed by atoms with Gasteiger partial charge in [-0.3, -0.25) is 9.59 Å². The van der Waals surface area contributed by atoms with E-state index in [1.54, 1.807) is 42.5 Å². The number of halogens is 2. The molecule has 154 valence electrons. The second-order valence-electron chi connectivity index (χ2n) is 6.64. The van der Waals surface area contributed by atoms with Gasteiger partial charge in [-0.1, -0.05) is 53.5 Å². The fourth-order valence-electron chi connectivity index (χ4n) is 2.80. The molecule has 0 aliphatic heterocycles. The van der Waals surface area contributed by atoms with Crippen LogP contribution >= 0.6 is 23.2 Å². The van der Waals surface area contributed by atoms with Gasteiger partial charge in [0.25, 0.3) is 5.91 Å². The van der Waals surface area contributed by atoms with Crippen molar-refractivity contribution >= 4 is 50.4 Å². The number of amides is 1. The topological polar surface area (TPSA) is 80.3 Å². The summed E-state index contributed by atoms with van der Waals surface area (Å²) in [6.45, 7) is 0. The van der Waals surface area contributed by atoms with Gasteiger partial charge in [0.15, 0.2) is 15.6 Å². The van der Waals surface area contributed by atoms with Gasteiger partial charge < -0.3 is 5.32 Å². The van der Waals surface area contributed by atoms with E-state index in [-0.39, 0.29) is 27.7 Å². The monoisotopic (exact) mass is 461 g/mol. The fraction of sp³-hybridized carbons (Fsp3) is 0.0909. The molecule has 0 radical (unpaired) electrons. The summed E-state index contributed by atoms with van der Waals surface area (Å²) >= 11 is 12.3. The predicted molar refractivity (Wildman–Crippen MR) is 118 cm³/mol. The molecule has 0 aromatic heterocycles. The Morgan fingerprint density at radius 1 is 0.900 bits per heavy atom. The molecule has 0 heterocycles. The lowest BCUT2D eigenvalue weighted by Crippen LogP contribution is -2.13. The van der Waals surface area contributed by atoms with Gasteiger partial charge >= 0.3 is 0 Å². The highest BCUT2D eigenvalue weighted by atomic mass is 35.5. The van der Waals surface area contributed by atoms with Crippen molar-refractivity contribution in [3.63, 3.8) is 0 Å². The van der Waals surface area contributed by atoms with E-state index in [4.69, 9.17) is 23.2 Å². The number of nitrogens with one attached hydrogen (secondary N) is 1. The maximum absolute atomic E-state index is 12.6. The average molecular weight is 462 g/mol. The zero-order valence-electron chi connectivity index (χ0n) is 15.9. The van der Waals surface area contributed by atoms with Gasteiger partial charge in [0.2, 0.25) is 0 Å². The van der Waals surface area contributed by atoms with Crippen LogP contribution in [-0.4, -0.2) is 26.4 Å². The van der Waals surface area contributed by atoms with Crippen LogP contribution in [0.2, 0.25) is 10.0 Å². The van der Waals surface area contributed by atoms with E-state index in [0.29, 0.717) is 21.8 Å². The first-order valence-corrected chi connectivity index (χ1v) is 11.5. The van der Waals surface area contributed by atoms with Gasteiger partial charge in [-0.25, -0.2) is 8.42 Å². The summed E-state index contributed by atoms with van der Waals surface area (Å²) in [5.74, 6) is -0.608. The highest BCUT2D eigenvalue weighted by Crippen LogP contribution is 2.25. The van der Waals surface area contributed by atoms with E-state index < -0.39 is 15.7 Å². The van der Waals surface area contributed by atoms with Crippen molar-refractivity contribution in [1.82, 2.24) is 0 Å². The summed E-state index contributed by atoms with van der Waals surface area (Å²) in [4.78, 5) is 25.1. The number of anilines is 1. The van der Waals surface area contributed by atoms with Crippen LogP contribution in [0.25, 0.3) is 0 Å². The highest BCUT2D eigenvalue weighted by Gasteiger charge is 2.16. The molecule has 0 aliphatic rings. The van der Waals surface area contributed by atoms with Crippen molar-refractivity contribution < 1.29 is 18.0 Å². The maximum Gasteiger partial charge on any atom is 0.257 e. The first kappa shape index (κ1) is 22.0. The standard InChI is InChI=1S/C22H17Cl2NO4S/c1-30(28,29)17-8-9-18(20(24)13-17)22(27)25-16-7-10-19(23)15(11-16)12-21(26)14-5-3-2-4-6-14/h2-11,13H,12H2,1H3,(H,25,27). The molecular formula is C22H17Cl2NO4S. The summed E-state index contributed by atoms with van der Waals surface area (Å²) in [5.41, 5.74) is 1.70. The van der Waals surface area contributed by atoms with Gasteiger partial charge in [0.1, 0.15) is 0 Å². The van der Waals surface area contributed by atoms with E-state index in [9.17, 15) is 18.0 Å². The van der Waals surface area contributed by atoms with Gasteiger partial charge in [0.05, 0.1) is 15.5 Å². The van der Waals surface area contributed by atoms with Crippen LogP contribution in [0.5, 0.6) is 0 Å². The SMILES string of the molecule is CS(=O)(=O)c1ccc(C(=O)Nc2ccc(Cl)c(CC(=O)c3ccccc3)c2)c(Cl)c1. The smallest absolute Gasteiger partial charge is 0.257 e. The van der Waals surface area contributed by atoms with Crippen LogP contribution in [-0.2, 0) is 16.3 Å². The Bertz CT molecular complexity index is 1230. The number of sulfone groups is 1. The van der Waals surface area contributed by atoms with E-state index >= 15 is 0 Å². The van der Waals surface area contributed by atoms with Crippen molar-refractivity contribution in [2.45, 2.75) is 11.3 Å². The molecule has 0 saturated carbocycles. The minimum absolute atomic E-state index is 0.0175. The minimum Gasteiger partial charge on any atom is -0.322 e. The number of benzene rings is 3. The fourth-order valence-corrected chi connectivity index (χ4v) is 3.96. The quantitative estimate of drug-likeness (QED) is 0.519. The molecule has 3 aromatic carbocycles. The van der Waals surface area contributed by atoms with Crippen LogP contribution in [0.15, 0.2) is 71.6 Å². The molecule has 0 saturated heterocycles.